The highest BCUT2D eigenvalue weighted by Crippen LogP contribution is 2.03. The largest absolute Gasteiger partial charge is 0.389 e. The molecule has 0 aliphatic carbocycles. The molecule has 6 heteroatoms. The van der Waals surface area contributed by atoms with Crippen LogP contribution in [0.3, 0.4) is 0 Å². The first-order valence-corrected chi connectivity index (χ1v) is 5.99. The van der Waals surface area contributed by atoms with Gasteiger partial charge in [-0.3, -0.25) is 14.7 Å². The maximum absolute atomic E-state index is 9.62. The second-order valence-corrected chi connectivity index (χ2v) is 4.30. The molecule has 1 aliphatic heterocycles. The molecular weight excluding hydrogens is 222 g/mol. The monoisotopic (exact) mass is 245 g/mol. The van der Waals surface area contributed by atoms with Crippen LogP contribution < -0.4 is 0 Å². The number of hydrogen-bond donors (Lipinski definition) is 3. The third kappa shape index (κ3) is 5.29. The fourth-order valence-corrected chi connectivity index (χ4v) is 1.92. The number of rotatable bonds is 4. The predicted octanol–water partition coefficient (Wildman–Crippen LogP) is -0.730. The molecule has 100 valence electrons. The maximum Gasteiger partial charge on any atom is 0.147 e. The molecule has 1 aliphatic rings. The summed E-state index contributed by atoms with van der Waals surface area (Å²) in [5, 5.41) is 27.6. The van der Waals surface area contributed by atoms with E-state index in [0.29, 0.717) is 19.6 Å². The van der Waals surface area contributed by atoms with Crippen molar-refractivity contribution in [2.45, 2.75) is 13.2 Å². The smallest absolute Gasteiger partial charge is 0.147 e. The standard InChI is InChI=1S/C11H23N3O3/c1-11(17)14-6-4-12(8-9-15)2-3-13(10-16)5-7-14/h9-11,15-17H,2-8H2,1H3. The molecule has 0 amide bonds. The van der Waals surface area contributed by atoms with Crippen molar-refractivity contribution in [3.05, 3.63) is 13.3 Å². The summed E-state index contributed by atoms with van der Waals surface area (Å²) < 4.78 is 0. The summed E-state index contributed by atoms with van der Waals surface area (Å²) in [5.41, 5.74) is 0. The van der Waals surface area contributed by atoms with Crippen molar-refractivity contribution in [2.24, 2.45) is 0 Å². The average Bonchev–Trinajstić information content (AvgIpc) is 2.40. The molecule has 1 saturated heterocycles. The number of nitrogens with zero attached hydrogens (tertiary/aromatic N) is 3. The van der Waals surface area contributed by atoms with Gasteiger partial charge in [-0.1, -0.05) is 0 Å². The van der Waals surface area contributed by atoms with E-state index in [1.807, 2.05) is 9.80 Å². The van der Waals surface area contributed by atoms with E-state index in [9.17, 15) is 5.11 Å². The quantitative estimate of drug-likeness (QED) is 0.607. The Labute approximate surface area is 103 Å². The van der Waals surface area contributed by atoms with Gasteiger partial charge in [-0.05, 0) is 6.92 Å². The van der Waals surface area contributed by atoms with Crippen LogP contribution in [0.1, 0.15) is 6.92 Å². The lowest BCUT2D eigenvalue weighted by Crippen LogP contribution is -2.41. The molecule has 0 saturated carbocycles. The number of aliphatic hydroxyl groups excluding tert-OH is 3. The summed E-state index contributed by atoms with van der Waals surface area (Å²) in [6.07, 6.45) is -0.492. The van der Waals surface area contributed by atoms with Crippen LogP contribution in [-0.4, -0.2) is 82.1 Å². The molecular formula is C11H23N3O3. The van der Waals surface area contributed by atoms with Gasteiger partial charge in [0, 0.05) is 45.8 Å². The van der Waals surface area contributed by atoms with Crippen molar-refractivity contribution in [3.63, 3.8) is 0 Å². The summed E-state index contributed by atoms with van der Waals surface area (Å²) in [5.74, 6) is 0. The van der Waals surface area contributed by atoms with E-state index in [0.717, 1.165) is 39.5 Å². The van der Waals surface area contributed by atoms with E-state index in [1.54, 1.807) is 6.92 Å². The first-order chi connectivity index (χ1) is 8.17. The van der Waals surface area contributed by atoms with Gasteiger partial charge < -0.3 is 15.3 Å². The molecule has 17 heavy (non-hydrogen) atoms. The Kier molecular flexibility index (Phi) is 6.94. The number of aliphatic hydroxyl groups is 3. The highest BCUT2D eigenvalue weighted by molar-refractivity contribution is 4.73. The third-order valence-corrected chi connectivity index (χ3v) is 3.11. The molecule has 1 rings (SSSR count). The summed E-state index contributed by atoms with van der Waals surface area (Å²) >= 11 is 0. The summed E-state index contributed by atoms with van der Waals surface area (Å²) in [6.45, 7) is 8.93. The van der Waals surface area contributed by atoms with Gasteiger partial charge in [0.1, 0.15) is 13.0 Å². The van der Waals surface area contributed by atoms with Gasteiger partial charge in [0.05, 0.1) is 6.61 Å². The van der Waals surface area contributed by atoms with E-state index >= 15 is 0 Å². The maximum atomic E-state index is 9.62. The van der Waals surface area contributed by atoms with Crippen molar-refractivity contribution in [1.82, 2.24) is 14.7 Å². The van der Waals surface area contributed by atoms with Gasteiger partial charge in [-0.15, -0.1) is 0 Å². The minimum absolute atomic E-state index is 0.492. The summed E-state index contributed by atoms with van der Waals surface area (Å²) in [6, 6.07) is 0. The van der Waals surface area contributed by atoms with E-state index in [-0.39, 0.29) is 0 Å². The Balaban J connectivity index is 2.54. The van der Waals surface area contributed by atoms with Crippen molar-refractivity contribution < 1.29 is 15.3 Å². The minimum Gasteiger partial charge on any atom is -0.389 e. The Morgan fingerprint density at radius 2 is 1.65 bits per heavy atom. The summed E-state index contributed by atoms with van der Waals surface area (Å²) in [4.78, 5) is 5.84. The lowest BCUT2D eigenvalue weighted by Gasteiger charge is -2.27. The van der Waals surface area contributed by atoms with Gasteiger partial charge in [-0.2, -0.15) is 0 Å². The van der Waals surface area contributed by atoms with Crippen LogP contribution in [0.25, 0.3) is 0 Å². The first-order valence-electron chi connectivity index (χ1n) is 5.99. The van der Waals surface area contributed by atoms with Gasteiger partial charge >= 0.3 is 0 Å². The van der Waals surface area contributed by atoms with Crippen molar-refractivity contribution in [1.29, 1.82) is 0 Å². The lowest BCUT2D eigenvalue weighted by atomic mass is 10.4. The average molecular weight is 245 g/mol. The SMILES string of the molecule is CC(O)N1CCN([CH]O)CCN(C[CH]O)CC1. The Bertz CT molecular complexity index is 204. The van der Waals surface area contributed by atoms with Crippen LogP contribution in [0, 0.1) is 13.3 Å². The zero-order chi connectivity index (χ0) is 12.7. The van der Waals surface area contributed by atoms with Crippen LogP contribution in [0.2, 0.25) is 0 Å². The highest BCUT2D eigenvalue weighted by atomic mass is 16.3. The molecule has 0 bridgehead atoms. The van der Waals surface area contributed by atoms with Gasteiger partial charge in [0.15, 0.2) is 0 Å². The zero-order valence-electron chi connectivity index (χ0n) is 10.4. The topological polar surface area (TPSA) is 70.4 Å². The first kappa shape index (κ1) is 14.8. The lowest BCUT2D eigenvalue weighted by molar-refractivity contribution is 0.0113. The van der Waals surface area contributed by atoms with Crippen molar-refractivity contribution in [2.75, 3.05) is 45.8 Å². The molecule has 6 nitrogen and oxygen atoms in total. The van der Waals surface area contributed by atoms with Gasteiger partial charge in [0.2, 0.25) is 0 Å². The third-order valence-electron chi connectivity index (χ3n) is 3.11. The predicted molar refractivity (Wildman–Crippen MR) is 63.7 cm³/mol. The summed E-state index contributed by atoms with van der Waals surface area (Å²) in [7, 11) is 0. The van der Waals surface area contributed by atoms with E-state index in [1.165, 1.54) is 0 Å². The van der Waals surface area contributed by atoms with Crippen molar-refractivity contribution >= 4 is 0 Å². The highest BCUT2D eigenvalue weighted by Gasteiger charge is 2.18. The Hall–Kier alpha value is -0.240. The van der Waals surface area contributed by atoms with Crippen LogP contribution in [-0.2, 0) is 0 Å². The second kappa shape index (κ2) is 7.97. The second-order valence-electron chi connectivity index (χ2n) is 4.30. The molecule has 0 aromatic carbocycles. The molecule has 1 fully saturated rings. The van der Waals surface area contributed by atoms with Crippen molar-refractivity contribution in [3.8, 4) is 0 Å². The molecule has 0 aromatic rings. The minimum atomic E-state index is -0.492. The molecule has 0 spiro atoms. The molecule has 3 N–H and O–H groups in total. The fourth-order valence-electron chi connectivity index (χ4n) is 1.92. The van der Waals surface area contributed by atoms with Gasteiger partial charge in [0.25, 0.3) is 0 Å². The normalized spacial score (nSPS) is 24.0. The molecule has 0 aromatic heterocycles. The van der Waals surface area contributed by atoms with Gasteiger partial charge in [-0.25, -0.2) is 0 Å². The van der Waals surface area contributed by atoms with E-state index < -0.39 is 6.23 Å². The Morgan fingerprint density at radius 3 is 2.24 bits per heavy atom. The number of hydrogen-bond acceptors (Lipinski definition) is 6. The Morgan fingerprint density at radius 1 is 1.06 bits per heavy atom. The molecule has 2 radical (unpaired) electrons. The van der Waals surface area contributed by atoms with E-state index in [4.69, 9.17) is 10.2 Å². The van der Waals surface area contributed by atoms with Crippen LogP contribution in [0.5, 0.6) is 0 Å². The van der Waals surface area contributed by atoms with E-state index in [2.05, 4.69) is 4.90 Å². The molecule has 1 atom stereocenters. The molecule has 1 heterocycles. The van der Waals surface area contributed by atoms with Crippen LogP contribution >= 0.6 is 0 Å². The molecule has 1 unspecified atom stereocenters. The zero-order valence-corrected chi connectivity index (χ0v) is 10.4. The van der Waals surface area contributed by atoms with Crippen LogP contribution in [0.4, 0.5) is 0 Å². The fraction of sp³-hybridized carbons (Fsp3) is 0.818. The van der Waals surface area contributed by atoms with Crippen LogP contribution in [0.15, 0.2) is 0 Å².